The summed E-state index contributed by atoms with van der Waals surface area (Å²) in [6, 6.07) is 3.59. The number of aryl methyl sites for hydroxylation is 1. The van der Waals surface area contributed by atoms with Gasteiger partial charge in [0.05, 0.1) is 19.9 Å². The molecular formula is C15H23N3O3. The van der Waals surface area contributed by atoms with E-state index in [1.165, 1.54) is 0 Å². The highest BCUT2D eigenvalue weighted by atomic mass is 16.5. The maximum Gasteiger partial charge on any atom is 0.222 e. The number of benzene rings is 1. The average molecular weight is 293 g/mol. The number of piperazine rings is 1. The third kappa shape index (κ3) is 3.78. The maximum atomic E-state index is 12.2. The van der Waals surface area contributed by atoms with Crippen molar-refractivity contribution in [3.05, 3.63) is 17.7 Å². The molecule has 0 spiro atoms. The van der Waals surface area contributed by atoms with Crippen LogP contribution >= 0.6 is 0 Å². The van der Waals surface area contributed by atoms with Gasteiger partial charge >= 0.3 is 0 Å². The van der Waals surface area contributed by atoms with Gasteiger partial charge in [-0.2, -0.15) is 0 Å². The van der Waals surface area contributed by atoms with E-state index in [0.717, 1.165) is 31.7 Å². The zero-order valence-electron chi connectivity index (χ0n) is 12.6. The maximum absolute atomic E-state index is 12.2. The van der Waals surface area contributed by atoms with Gasteiger partial charge in [0, 0.05) is 38.7 Å². The summed E-state index contributed by atoms with van der Waals surface area (Å²) >= 11 is 0. The molecule has 2 rings (SSSR count). The molecule has 1 aliphatic rings. The molecule has 1 saturated heterocycles. The van der Waals surface area contributed by atoms with Gasteiger partial charge in [0.2, 0.25) is 5.91 Å². The van der Waals surface area contributed by atoms with Crippen molar-refractivity contribution >= 4 is 11.6 Å². The molecule has 0 aromatic heterocycles. The molecule has 21 heavy (non-hydrogen) atoms. The molecule has 1 fully saturated rings. The molecule has 116 valence electrons. The van der Waals surface area contributed by atoms with Crippen molar-refractivity contribution in [2.75, 3.05) is 46.1 Å². The molecule has 1 amide bonds. The first-order valence-electron chi connectivity index (χ1n) is 7.14. The van der Waals surface area contributed by atoms with Crippen molar-refractivity contribution in [2.45, 2.75) is 12.8 Å². The van der Waals surface area contributed by atoms with Gasteiger partial charge in [-0.15, -0.1) is 0 Å². The van der Waals surface area contributed by atoms with Gasteiger partial charge in [-0.05, 0) is 18.1 Å². The fraction of sp³-hybridized carbons (Fsp3) is 0.533. The summed E-state index contributed by atoms with van der Waals surface area (Å²) < 4.78 is 10.5. The molecule has 6 nitrogen and oxygen atoms in total. The zero-order valence-corrected chi connectivity index (χ0v) is 12.6. The number of amides is 1. The number of rotatable bonds is 5. The second-order valence-corrected chi connectivity index (χ2v) is 5.04. The molecule has 1 aliphatic heterocycles. The van der Waals surface area contributed by atoms with Gasteiger partial charge in [-0.3, -0.25) is 4.79 Å². The minimum Gasteiger partial charge on any atom is -0.496 e. The van der Waals surface area contributed by atoms with Crippen LogP contribution in [0.1, 0.15) is 12.0 Å². The number of methoxy groups -OCH3 is 2. The highest BCUT2D eigenvalue weighted by Crippen LogP contribution is 2.31. The Balaban J connectivity index is 2.01. The molecule has 1 heterocycles. The number of nitrogens with one attached hydrogen (secondary N) is 1. The van der Waals surface area contributed by atoms with E-state index in [-0.39, 0.29) is 5.91 Å². The first kappa shape index (κ1) is 15.4. The van der Waals surface area contributed by atoms with Gasteiger partial charge in [0.1, 0.15) is 11.5 Å². The lowest BCUT2D eigenvalue weighted by Gasteiger charge is -2.27. The molecule has 1 aromatic carbocycles. The van der Waals surface area contributed by atoms with Crippen molar-refractivity contribution < 1.29 is 14.3 Å². The van der Waals surface area contributed by atoms with Crippen LogP contribution in [0.25, 0.3) is 0 Å². The minimum atomic E-state index is 0.174. The lowest BCUT2D eigenvalue weighted by atomic mass is 10.1. The lowest BCUT2D eigenvalue weighted by molar-refractivity contribution is -0.131. The van der Waals surface area contributed by atoms with E-state index >= 15 is 0 Å². The van der Waals surface area contributed by atoms with Crippen LogP contribution in [0.5, 0.6) is 11.5 Å². The monoisotopic (exact) mass is 293 g/mol. The van der Waals surface area contributed by atoms with Crippen LogP contribution in [-0.4, -0.2) is 51.2 Å². The smallest absolute Gasteiger partial charge is 0.222 e. The van der Waals surface area contributed by atoms with Crippen LogP contribution in [0.4, 0.5) is 5.69 Å². The highest BCUT2D eigenvalue weighted by molar-refractivity contribution is 5.77. The number of nitrogen functional groups attached to an aromatic ring is 1. The van der Waals surface area contributed by atoms with Crippen LogP contribution in [-0.2, 0) is 11.2 Å². The normalized spacial score (nSPS) is 14.9. The predicted molar refractivity (Wildman–Crippen MR) is 81.7 cm³/mol. The predicted octanol–water partition coefficient (Wildman–Crippen LogP) is 0.650. The Morgan fingerprint density at radius 1 is 1.24 bits per heavy atom. The van der Waals surface area contributed by atoms with Crippen LogP contribution in [0.3, 0.4) is 0 Å². The number of ether oxygens (including phenoxy) is 2. The average Bonchev–Trinajstić information content (AvgIpc) is 2.53. The molecule has 3 N–H and O–H groups in total. The van der Waals surface area contributed by atoms with Gasteiger partial charge in [0.25, 0.3) is 0 Å². The van der Waals surface area contributed by atoms with Crippen molar-refractivity contribution in [2.24, 2.45) is 0 Å². The van der Waals surface area contributed by atoms with Crippen molar-refractivity contribution in [3.8, 4) is 11.5 Å². The Hall–Kier alpha value is -1.95. The molecule has 6 heteroatoms. The SMILES string of the molecule is COc1cc(OC)c(CCC(=O)N2CCNCC2)cc1N. The van der Waals surface area contributed by atoms with Crippen molar-refractivity contribution in [3.63, 3.8) is 0 Å². The number of nitrogens with zero attached hydrogens (tertiary/aromatic N) is 1. The van der Waals surface area contributed by atoms with E-state index in [1.807, 2.05) is 11.0 Å². The number of carbonyl (C=O) groups excluding carboxylic acids is 1. The van der Waals surface area contributed by atoms with E-state index in [9.17, 15) is 4.79 Å². The van der Waals surface area contributed by atoms with Crippen LogP contribution in [0.15, 0.2) is 12.1 Å². The van der Waals surface area contributed by atoms with Gasteiger partial charge < -0.3 is 25.4 Å². The molecule has 0 bridgehead atoms. The fourth-order valence-corrected chi connectivity index (χ4v) is 2.50. The second kappa shape index (κ2) is 7.17. The van der Waals surface area contributed by atoms with Crippen molar-refractivity contribution in [1.82, 2.24) is 10.2 Å². The van der Waals surface area contributed by atoms with Gasteiger partial charge in [0.15, 0.2) is 0 Å². The molecular weight excluding hydrogens is 270 g/mol. The summed E-state index contributed by atoms with van der Waals surface area (Å²) in [6.45, 7) is 3.29. The molecule has 0 saturated carbocycles. The number of hydrogen-bond donors (Lipinski definition) is 2. The van der Waals surface area contributed by atoms with E-state index in [2.05, 4.69) is 5.32 Å². The topological polar surface area (TPSA) is 76.8 Å². The Morgan fingerprint density at radius 2 is 1.90 bits per heavy atom. The number of carbonyl (C=O) groups is 1. The zero-order chi connectivity index (χ0) is 15.2. The van der Waals surface area contributed by atoms with E-state index in [1.54, 1.807) is 20.3 Å². The molecule has 0 unspecified atom stereocenters. The number of hydrogen-bond acceptors (Lipinski definition) is 5. The minimum absolute atomic E-state index is 0.174. The summed E-state index contributed by atoms with van der Waals surface area (Å²) in [4.78, 5) is 14.1. The van der Waals surface area contributed by atoms with Crippen LogP contribution in [0.2, 0.25) is 0 Å². The quantitative estimate of drug-likeness (QED) is 0.780. The van der Waals surface area contributed by atoms with Crippen molar-refractivity contribution in [1.29, 1.82) is 0 Å². The van der Waals surface area contributed by atoms with Gasteiger partial charge in [-0.25, -0.2) is 0 Å². The molecule has 0 atom stereocenters. The second-order valence-electron chi connectivity index (χ2n) is 5.04. The Bertz CT molecular complexity index is 499. The van der Waals surface area contributed by atoms with E-state index in [4.69, 9.17) is 15.2 Å². The highest BCUT2D eigenvalue weighted by Gasteiger charge is 2.17. The summed E-state index contributed by atoms with van der Waals surface area (Å²) in [6.07, 6.45) is 1.07. The largest absolute Gasteiger partial charge is 0.496 e. The summed E-state index contributed by atoms with van der Waals surface area (Å²) in [5.74, 6) is 1.46. The Morgan fingerprint density at radius 3 is 2.52 bits per heavy atom. The lowest BCUT2D eigenvalue weighted by Crippen LogP contribution is -2.46. The summed E-state index contributed by atoms with van der Waals surface area (Å²) in [5.41, 5.74) is 7.41. The first-order valence-corrected chi connectivity index (χ1v) is 7.14. The molecule has 0 aliphatic carbocycles. The number of nitrogens with two attached hydrogens (primary N) is 1. The van der Waals surface area contributed by atoms with Gasteiger partial charge in [-0.1, -0.05) is 0 Å². The number of anilines is 1. The summed E-state index contributed by atoms with van der Waals surface area (Å²) in [5, 5.41) is 3.24. The third-order valence-electron chi connectivity index (χ3n) is 3.71. The first-order chi connectivity index (χ1) is 10.2. The van der Waals surface area contributed by atoms with E-state index in [0.29, 0.717) is 30.0 Å². The summed E-state index contributed by atoms with van der Waals surface area (Å²) in [7, 11) is 3.17. The molecule has 0 radical (unpaired) electrons. The van der Waals surface area contributed by atoms with Crippen LogP contribution < -0.4 is 20.5 Å². The van der Waals surface area contributed by atoms with E-state index < -0.39 is 0 Å². The third-order valence-corrected chi connectivity index (χ3v) is 3.71. The molecule has 1 aromatic rings. The van der Waals surface area contributed by atoms with Crippen LogP contribution in [0, 0.1) is 0 Å². The Kier molecular flexibility index (Phi) is 5.27. The standard InChI is InChI=1S/C15H23N3O3/c1-20-13-10-14(21-2)12(16)9-11(13)3-4-15(19)18-7-5-17-6-8-18/h9-10,17H,3-8,16H2,1-2H3. The Labute approximate surface area is 125 Å². The fourth-order valence-electron chi connectivity index (χ4n) is 2.50.